The van der Waals surface area contributed by atoms with Crippen molar-refractivity contribution in [2.45, 2.75) is 24.2 Å². The van der Waals surface area contributed by atoms with Crippen molar-refractivity contribution in [3.63, 3.8) is 0 Å². The minimum atomic E-state index is -0.358. The van der Waals surface area contributed by atoms with E-state index in [2.05, 4.69) is 15.5 Å². The second-order valence-corrected chi connectivity index (χ2v) is 11.1. The fourth-order valence-corrected chi connectivity index (χ4v) is 6.07. The summed E-state index contributed by atoms with van der Waals surface area (Å²) in [4.78, 5) is 27.2. The lowest BCUT2D eigenvalue weighted by molar-refractivity contribution is -0.130. The van der Waals surface area contributed by atoms with Crippen LogP contribution in [-0.2, 0) is 18.4 Å². The van der Waals surface area contributed by atoms with Crippen LogP contribution in [0.15, 0.2) is 70.2 Å². The maximum absolute atomic E-state index is 13.6. The van der Waals surface area contributed by atoms with Crippen molar-refractivity contribution < 1.29 is 23.8 Å². The molecule has 0 fully saturated rings. The number of nitrogens with zero attached hydrogens (tertiary/aromatic N) is 5. The fourth-order valence-electron chi connectivity index (χ4n) is 4.57. The Morgan fingerprint density at radius 3 is 2.52 bits per heavy atom. The molecule has 1 aliphatic heterocycles. The number of amides is 2. The first-order valence-corrected chi connectivity index (χ1v) is 14.9. The first kappa shape index (κ1) is 29.1. The number of rotatable bonds is 11. The number of hydrogen-bond donors (Lipinski definition) is 1. The lowest BCUT2D eigenvalue weighted by atomic mass is 9.99. The van der Waals surface area contributed by atoms with Crippen LogP contribution in [-0.4, -0.2) is 64.4 Å². The van der Waals surface area contributed by atoms with Gasteiger partial charge in [0.05, 0.1) is 50.3 Å². The second kappa shape index (κ2) is 13.1. The number of methoxy groups -OCH3 is 3. The third-order valence-electron chi connectivity index (χ3n) is 6.77. The largest absolute Gasteiger partial charge is 0.497 e. The summed E-state index contributed by atoms with van der Waals surface area (Å²) < 4.78 is 18.1. The highest BCUT2D eigenvalue weighted by Crippen LogP contribution is 2.42. The third kappa shape index (κ3) is 6.11. The summed E-state index contributed by atoms with van der Waals surface area (Å²) in [5.74, 6) is 2.07. The maximum atomic E-state index is 13.6. The van der Waals surface area contributed by atoms with E-state index >= 15 is 0 Å². The van der Waals surface area contributed by atoms with Gasteiger partial charge in [0.15, 0.2) is 22.5 Å². The molecule has 13 heteroatoms. The van der Waals surface area contributed by atoms with Gasteiger partial charge in [-0.1, -0.05) is 30.0 Å². The van der Waals surface area contributed by atoms with Crippen molar-refractivity contribution >= 4 is 40.6 Å². The van der Waals surface area contributed by atoms with Crippen molar-refractivity contribution in [2.24, 2.45) is 12.1 Å². The predicted molar refractivity (Wildman–Crippen MR) is 160 cm³/mol. The molecule has 1 aliphatic rings. The molecule has 1 unspecified atom stereocenters. The Balaban J connectivity index is 1.28. The molecular weight excluding hydrogens is 576 g/mol. The number of para-hydroxylation sites is 1. The first-order valence-electron chi connectivity index (χ1n) is 13.0. The Hall–Kier alpha value is -4.36. The van der Waals surface area contributed by atoms with Gasteiger partial charge < -0.3 is 24.1 Å². The molecule has 4 aromatic rings. The summed E-state index contributed by atoms with van der Waals surface area (Å²) in [6.07, 6.45) is 0.544. The van der Waals surface area contributed by atoms with Crippen molar-refractivity contribution in [1.29, 1.82) is 0 Å². The normalized spacial score (nSPS) is 14.4. The number of carbonyl (C=O) groups is 2. The quantitative estimate of drug-likeness (QED) is 0.251. The molecule has 42 heavy (non-hydrogen) atoms. The number of hydrazone groups is 1. The molecule has 3 heterocycles. The zero-order valence-electron chi connectivity index (χ0n) is 23.6. The SMILES string of the molecule is COc1ccc(C(=O)NCc2nnc(SCC(=O)N3N=C(c4cccs4)CC3c3cccc(OC)c3OC)n2C)cc1. The van der Waals surface area contributed by atoms with Gasteiger partial charge in [-0.2, -0.15) is 5.10 Å². The van der Waals surface area contributed by atoms with Crippen LogP contribution in [0.25, 0.3) is 0 Å². The van der Waals surface area contributed by atoms with Gasteiger partial charge in [-0.25, -0.2) is 5.01 Å². The van der Waals surface area contributed by atoms with E-state index in [0.29, 0.717) is 40.2 Å². The molecule has 0 saturated carbocycles. The fraction of sp³-hybridized carbons (Fsp3) is 0.276. The average molecular weight is 607 g/mol. The van der Waals surface area contributed by atoms with E-state index in [4.69, 9.17) is 19.3 Å². The maximum Gasteiger partial charge on any atom is 0.253 e. The zero-order chi connectivity index (χ0) is 29.6. The van der Waals surface area contributed by atoms with Crippen molar-refractivity contribution in [3.8, 4) is 17.2 Å². The van der Waals surface area contributed by atoms with E-state index in [-0.39, 0.29) is 30.2 Å². The molecule has 0 aliphatic carbocycles. The number of hydrogen-bond acceptors (Lipinski definition) is 10. The number of benzene rings is 2. The molecular formula is C29H30N6O5S2. The standard InChI is InChI=1S/C29H30N6O5S2/c1-34-25(16-30-28(37)18-10-12-19(38-2)13-11-18)31-32-29(34)42-17-26(36)35-22(15-21(33-35)24-9-6-14-41-24)20-7-5-8-23(39-3)27(20)40-4/h5-14,22H,15-17H2,1-4H3,(H,30,37). The predicted octanol–water partition coefficient (Wildman–Crippen LogP) is 4.30. The monoisotopic (exact) mass is 606 g/mol. The van der Waals surface area contributed by atoms with Crippen molar-refractivity contribution in [2.75, 3.05) is 27.1 Å². The van der Waals surface area contributed by atoms with Gasteiger partial charge in [0.2, 0.25) is 0 Å². The summed E-state index contributed by atoms with van der Waals surface area (Å²) >= 11 is 2.84. The van der Waals surface area contributed by atoms with Gasteiger partial charge in [-0.05, 0) is 41.8 Å². The van der Waals surface area contributed by atoms with Gasteiger partial charge >= 0.3 is 0 Å². The average Bonchev–Trinajstić information content (AvgIpc) is 3.79. The minimum Gasteiger partial charge on any atom is -0.497 e. The molecule has 0 bridgehead atoms. The molecule has 0 radical (unpaired) electrons. The molecule has 2 aromatic carbocycles. The number of ether oxygens (including phenoxy) is 3. The summed E-state index contributed by atoms with van der Waals surface area (Å²) in [5, 5.41) is 20.1. The van der Waals surface area contributed by atoms with Crippen LogP contribution in [0.3, 0.4) is 0 Å². The van der Waals surface area contributed by atoms with Gasteiger partial charge in [-0.15, -0.1) is 21.5 Å². The highest BCUT2D eigenvalue weighted by atomic mass is 32.2. The summed E-state index contributed by atoms with van der Waals surface area (Å²) in [5.41, 5.74) is 2.17. The Bertz CT molecular complexity index is 1590. The third-order valence-corrected chi connectivity index (χ3v) is 8.70. The lowest BCUT2D eigenvalue weighted by Crippen LogP contribution is -2.29. The highest BCUT2D eigenvalue weighted by molar-refractivity contribution is 7.99. The number of aromatic nitrogens is 3. The van der Waals surface area contributed by atoms with Gasteiger partial charge in [-0.3, -0.25) is 9.59 Å². The van der Waals surface area contributed by atoms with E-state index in [1.807, 2.05) is 35.7 Å². The zero-order valence-corrected chi connectivity index (χ0v) is 25.2. The van der Waals surface area contributed by atoms with E-state index in [1.54, 1.807) is 68.5 Å². The van der Waals surface area contributed by atoms with Crippen LogP contribution in [0, 0.1) is 0 Å². The van der Waals surface area contributed by atoms with Crippen LogP contribution in [0.2, 0.25) is 0 Å². The molecule has 218 valence electrons. The van der Waals surface area contributed by atoms with E-state index in [9.17, 15) is 9.59 Å². The number of carbonyl (C=O) groups excluding carboxylic acids is 2. The molecule has 2 amide bonds. The number of thiophene rings is 1. The molecule has 2 aromatic heterocycles. The van der Waals surface area contributed by atoms with E-state index in [1.165, 1.54) is 16.8 Å². The second-order valence-electron chi connectivity index (χ2n) is 9.22. The van der Waals surface area contributed by atoms with E-state index < -0.39 is 0 Å². The van der Waals surface area contributed by atoms with Gasteiger partial charge in [0.1, 0.15) is 5.75 Å². The molecule has 11 nitrogen and oxygen atoms in total. The van der Waals surface area contributed by atoms with Crippen LogP contribution >= 0.6 is 23.1 Å². The lowest BCUT2D eigenvalue weighted by Gasteiger charge is -2.24. The molecule has 0 saturated heterocycles. The summed E-state index contributed by atoms with van der Waals surface area (Å²) in [7, 11) is 6.55. The minimum absolute atomic E-state index is 0.0915. The Morgan fingerprint density at radius 2 is 1.83 bits per heavy atom. The van der Waals surface area contributed by atoms with Crippen molar-refractivity contribution in [3.05, 3.63) is 81.8 Å². The van der Waals surface area contributed by atoms with Crippen LogP contribution < -0.4 is 19.5 Å². The molecule has 0 spiro atoms. The number of nitrogens with one attached hydrogen (secondary N) is 1. The Kier molecular flexibility index (Phi) is 9.08. The topological polar surface area (TPSA) is 120 Å². The van der Waals surface area contributed by atoms with Gasteiger partial charge in [0, 0.05) is 24.6 Å². The van der Waals surface area contributed by atoms with E-state index in [0.717, 1.165) is 16.2 Å². The smallest absolute Gasteiger partial charge is 0.253 e. The van der Waals surface area contributed by atoms with Gasteiger partial charge in [0.25, 0.3) is 11.8 Å². The Morgan fingerprint density at radius 1 is 1.02 bits per heavy atom. The van der Waals surface area contributed by atoms with Crippen molar-refractivity contribution in [1.82, 2.24) is 25.1 Å². The first-order chi connectivity index (χ1) is 20.4. The summed E-state index contributed by atoms with van der Waals surface area (Å²) in [6, 6.07) is 16.1. The van der Waals surface area contributed by atoms with Crippen LogP contribution in [0.1, 0.15) is 39.1 Å². The molecule has 1 atom stereocenters. The summed E-state index contributed by atoms with van der Waals surface area (Å²) in [6.45, 7) is 0.182. The highest BCUT2D eigenvalue weighted by Gasteiger charge is 2.36. The molecule has 1 N–H and O–H groups in total. The number of thioether (sulfide) groups is 1. The molecule has 5 rings (SSSR count). The Labute approximate surface area is 251 Å². The van der Waals surface area contributed by atoms with Crippen LogP contribution in [0.4, 0.5) is 0 Å². The van der Waals surface area contributed by atoms with Crippen LogP contribution in [0.5, 0.6) is 17.2 Å².